The summed E-state index contributed by atoms with van der Waals surface area (Å²) in [4.78, 5) is 4.86. The molecule has 1 heterocycles. The van der Waals surface area contributed by atoms with Crippen molar-refractivity contribution in [2.45, 2.75) is 6.92 Å². The van der Waals surface area contributed by atoms with Crippen molar-refractivity contribution in [3.05, 3.63) is 78.5 Å². The first-order valence-corrected chi connectivity index (χ1v) is 7.93. The molecule has 0 aliphatic rings. The quantitative estimate of drug-likeness (QED) is 0.319. The van der Waals surface area contributed by atoms with Crippen molar-refractivity contribution < 1.29 is 0 Å². The second kappa shape index (κ2) is 4.53. The number of nitrogens with zero attached hydrogens (tertiary/aromatic N) is 1. The summed E-state index contributed by atoms with van der Waals surface area (Å²) in [6.07, 6.45) is 0. The van der Waals surface area contributed by atoms with Crippen LogP contribution in [0.25, 0.3) is 43.2 Å². The maximum atomic E-state index is 4.86. The van der Waals surface area contributed by atoms with E-state index in [1.807, 2.05) is 0 Å². The summed E-state index contributed by atoms with van der Waals surface area (Å²) in [6, 6.07) is 25.8. The van der Waals surface area contributed by atoms with Crippen LogP contribution in [0.4, 0.5) is 0 Å². The average Bonchev–Trinajstić information content (AvgIpc) is 2.61. The highest BCUT2D eigenvalue weighted by molar-refractivity contribution is 6.31. The van der Waals surface area contributed by atoms with Gasteiger partial charge in [-0.05, 0) is 34.5 Å². The third kappa shape index (κ3) is 1.65. The van der Waals surface area contributed by atoms with Gasteiger partial charge in [-0.2, -0.15) is 0 Å². The first kappa shape index (κ1) is 12.6. The molecule has 0 amide bonds. The van der Waals surface area contributed by atoms with Gasteiger partial charge in [-0.1, -0.05) is 66.7 Å². The fourth-order valence-corrected chi connectivity index (χ4v) is 3.82. The average molecular weight is 293 g/mol. The van der Waals surface area contributed by atoms with Gasteiger partial charge in [0.25, 0.3) is 0 Å². The van der Waals surface area contributed by atoms with Gasteiger partial charge >= 0.3 is 0 Å². The third-order valence-corrected chi connectivity index (χ3v) is 4.76. The van der Waals surface area contributed by atoms with Gasteiger partial charge in [0.15, 0.2) is 0 Å². The monoisotopic (exact) mass is 293 g/mol. The number of rotatable bonds is 0. The molecule has 0 atom stereocenters. The molecule has 1 nitrogen and oxygen atoms in total. The van der Waals surface area contributed by atoms with Gasteiger partial charge in [0.1, 0.15) is 0 Å². The van der Waals surface area contributed by atoms with Gasteiger partial charge < -0.3 is 0 Å². The van der Waals surface area contributed by atoms with Crippen molar-refractivity contribution in [3.63, 3.8) is 0 Å². The molecule has 5 rings (SSSR count). The molecular weight excluding hydrogens is 278 g/mol. The molecule has 0 unspecified atom stereocenters. The van der Waals surface area contributed by atoms with Gasteiger partial charge in [0.2, 0.25) is 0 Å². The van der Waals surface area contributed by atoms with Crippen molar-refractivity contribution in [2.75, 3.05) is 0 Å². The molecule has 1 aromatic heterocycles. The van der Waals surface area contributed by atoms with Crippen molar-refractivity contribution >= 4 is 43.2 Å². The lowest BCUT2D eigenvalue weighted by Gasteiger charge is -2.14. The van der Waals surface area contributed by atoms with Crippen molar-refractivity contribution in [3.8, 4) is 0 Å². The molecule has 0 saturated heterocycles. The highest BCUT2D eigenvalue weighted by atomic mass is 14.7. The predicted molar refractivity (Wildman–Crippen MR) is 99.0 cm³/mol. The highest BCUT2D eigenvalue weighted by Gasteiger charge is 2.13. The SMILES string of the molecule is Cc1nc2ccccc2c2c3ccccc3c3ccccc3c12. The van der Waals surface area contributed by atoms with Crippen molar-refractivity contribution in [2.24, 2.45) is 0 Å². The smallest absolute Gasteiger partial charge is 0.0711 e. The number of hydrogen-bond acceptors (Lipinski definition) is 1. The summed E-state index contributed by atoms with van der Waals surface area (Å²) in [7, 11) is 0. The van der Waals surface area contributed by atoms with Crippen LogP contribution in [0.15, 0.2) is 72.8 Å². The molecule has 23 heavy (non-hydrogen) atoms. The van der Waals surface area contributed by atoms with E-state index in [2.05, 4.69) is 79.7 Å². The van der Waals surface area contributed by atoms with Crippen LogP contribution < -0.4 is 0 Å². The summed E-state index contributed by atoms with van der Waals surface area (Å²) in [6.45, 7) is 2.12. The molecule has 0 saturated carbocycles. The van der Waals surface area contributed by atoms with Gasteiger partial charge in [-0.25, -0.2) is 0 Å². The number of benzene rings is 4. The highest BCUT2D eigenvalue weighted by Crippen LogP contribution is 2.39. The van der Waals surface area contributed by atoms with E-state index in [0.717, 1.165) is 11.2 Å². The zero-order valence-electron chi connectivity index (χ0n) is 12.9. The van der Waals surface area contributed by atoms with Gasteiger partial charge in [0.05, 0.1) is 5.52 Å². The normalized spacial score (nSPS) is 11.7. The second-order valence-electron chi connectivity index (χ2n) is 6.06. The van der Waals surface area contributed by atoms with Crippen LogP contribution in [0.1, 0.15) is 5.69 Å². The fraction of sp³-hybridized carbons (Fsp3) is 0.0455. The zero-order chi connectivity index (χ0) is 15.4. The van der Waals surface area contributed by atoms with E-state index in [9.17, 15) is 0 Å². The molecule has 0 radical (unpaired) electrons. The Morgan fingerprint density at radius 2 is 1.00 bits per heavy atom. The number of aryl methyl sites for hydroxylation is 1. The van der Waals surface area contributed by atoms with Crippen LogP contribution >= 0.6 is 0 Å². The minimum atomic E-state index is 1.07. The zero-order valence-corrected chi connectivity index (χ0v) is 12.9. The van der Waals surface area contributed by atoms with Gasteiger partial charge in [-0.15, -0.1) is 0 Å². The molecule has 0 spiro atoms. The van der Waals surface area contributed by atoms with E-state index in [-0.39, 0.29) is 0 Å². The van der Waals surface area contributed by atoms with Crippen molar-refractivity contribution in [1.82, 2.24) is 4.98 Å². The lowest BCUT2D eigenvalue weighted by Crippen LogP contribution is -1.91. The topological polar surface area (TPSA) is 12.9 Å². The third-order valence-electron chi connectivity index (χ3n) is 4.76. The molecule has 0 fully saturated rings. The lowest BCUT2D eigenvalue weighted by molar-refractivity contribution is 1.29. The lowest BCUT2D eigenvalue weighted by atomic mass is 9.92. The molecule has 1 heteroatoms. The minimum Gasteiger partial charge on any atom is -0.252 e. The number of pyridine rings is 1. The molecule has 4 aromatic carbocycles. The minimum absolute atomic E-state index is 1.07. The van der Waals surface area contributed by atoms with Crippen LogP contribution in [0.2, 0.25) is 0 Å². The number of fused-ring (bicyclic) bond motifs is 8. The predicted octanol–water partition coefficient (Wildman–Crippen LogP) is 6.00. The molecule has 108 valence electrons. The molecule has 0 aliphatic heterocycles. The maximum Gasteiger partial charge on any atom is 0.0711 e. The van der Waals surface area contributed by atoms with Crippen molar-refractivity contribution in [1.29, 1.82) is 0 Å². The summed E-state index contributed by atoms with van der Waals surface area (Å²) in [5, 5.41) is 9.04. The van der Waals surface area contributed by atoms with Crippen LogP contribution in [0.3, 0.4) is 0 Å². The Hall–Kier alpha value is -2.93. The first-order chi connectivity index (χ1) is 11.3. The summed E-state index contributed by atoms with van der Waals surface area (Å²) in [5.74, 6) is 0. The Kier molecular flexibility index (Phi) is 2.48. The van der Waals surface area contributed by atoms with Gasteiger partial charge in [0, 0.05) is 21.9 Å². The maximum absolute atomic E-state index is 4.86. The van der Waals surface area contributed by atoms with E-state index in [1.54, 1.807) is 0 Å². The Morgan fingerprint density at radius 1 is 0.522 bits per heavy atom. The molecule has 0 N–H and O–H groups in total. The first-order valence-electron chi connectivity index (χ1n) is 7.93. The molecule has 5 aromatic rings. The van der Waals surface area contributed by atoms with E-state index in [1.165, 1.54) is 37.7 Å². The number of aromatic nitrogens is 1. The summed E-state index contributed by atoms with van der Waals surface area (Å²) < 4.78 is 0. The number of para-hydroxylation sites is 1. The van der Waals surface area contributed by atoms with E-state index >= 15 is 0 Å². The Bertz CT molecular complexity index is 1220. The molecular formula is C22H15N. The van der Waals surface area contributed by atoms with Crippen LogP contribution in [0.5, 0.6) is 0 Å². The van der Waals surface area contributed by atoms with Crippen LogP contribution in [-0.2, 0) is 0 Å². The van der Waals surface area contributed by atoms with E-state index in [4.69, 9.17) is 4.98 Å². The molecule has 0 bridgehead atoms. The largest absolute Gasteiger partial charge is 0.252 e. The van der Waals surface area contributed by atoms with Gasteiger partial charge in [-0.3, -0.25) is 4.98 Å². The summed E-state index contributed by atoms with van der Waals surface area (Å²) >= 11 is 0. The van der Waals surface area contributed by atoms with E-state index < -0.39 is 0 Å². The molecule has 0 aliphatic carbocycles. The van der Waals surface area contributed by atoms with E-state index in [0.29, 0.717) is 0 Å². The Balaban J connectivity index is 2.27. The fourth-order valence-electron chi connectivity index (χ4n) is 3.82. The van der Waals surface area contributed by atoms with Crippen LogP contribution in [-0.4, -0.2) is 4.98 Å². The number of hydrogen-bond donors (Lipinski definition) is 0. The van der Waals surface area contributed by atoms with Crippen LogP contribution in [0, 0.1) is 6.92 Å². The second-order valence-corrected chi connectivity index (χ2v) is 6.06. The summed E-state index contributed by atoms with van der Waals surface area (Å²) in [5.41, 5.74) is 2.17. The Morgan fingerprint density at radius 3 is 1.65 bits per heavy atom. The standard InChI is InChI=1S/C22H15N/c1-14-21-17-10-4-2-8-15(17)16-9-3-5-11-18(16)22(21)19-12-6-7-13-20(19)23-14/h2-13H,1H3. The Labute approximate surface area is 134 Å².